The maximum atomic E-state index is 12.1. The van der Waals surface area contributed by atoms with Crippen LogP contribution in [0, 0.1) is 0 Å². The number of carbonyl (C=O) groups excluding carboxylic acids is 1. The second-order valence-electron chi connectivity index (χ2n) is 5.94. The van der Waals surface area contributed by atoms with Crippen LogP contribution in [0.15, 0.2) is 47.1 Å². The van der Waals surface area contributed by atoms with Crippen LogP contribution in [-0.2, 0) is 9.53 Å². The molecule has 0 spiro atoms. The molecule has 0 bridgehead atoms. The summed E-state index contributed by atoms with van der Waals surface area (Å²) < 4.78 is 10.7. The largest absolute Gasteiger partial charge is 0.463 e. The molecule has 1 aromatic carbocycles. The van der Waals surface area contributed by atoms with E-state index in [0.717, 1.165) is 43.4 Å². The van der Waals surface area contributed by atoms with Crippen LogP contribution < -0.4 is 15.5 Å². The lowest BCUT2D eigenvalue weighted by atomic mass is 10.2. The quantitative estimate of drug-likeness (QED) is 0.839. The molecule has 0 aliphatic carbocycles. The van der Waals surface area contributed by atoms with Gasteiger partial charge in [-0.2, -0.15) is 0 Å². The maximum Gasteiger partial charge on any atom is 0.279 e. The highest BCUT2D eigenvalue weighted by Crippen LogP contribution is 2.18. The highest BCUT2D eigenvalue weighted by atomic mass is 16.5. The third kappa shape index (κ3) is 4.37. The molecule has 1 saturated heterocycles. The first-order valence-electron chi connectivity index (χ1n) is 8.32. The summed E-state index contributed by atoms with van der Waals surface area (Å²) >= 11 is 0. The number of anilines is 2. The van der Waals surface area contributed by atoms with E-state index in [1.165, 1.54) is 0 Å². The van der Waals surface area contributed by atoms with Gasteiger partial charge in [0, 0.05) is 24.5 Å². The van der Waals surface area contributed by atoms with Crippen molar-refractivity contribution >= 4 is 17.3 Å². The molecule has 6 nitrogen and oxygen atoms in total. The number of nitrogens with two attached hydrogens (primary N) is 1. The van der Waals surface area contributed by atoms with Crippen molar-refractivity contribution in [3.63, 3.8) is 0 Å². The van der Waals surface area contributed by atoms with Gasteiger partial charge in [0.25, 0.3) is 5.91 Å². The van der Waals surface area contributed by atoms with Gasteiger partial charge in [-0.25, -0.2) is 0 Å². The summed E-state index contributed by atoms with van der Waals surface area (Å²) in [5.74, 6) is 0.852. The lowest BCUT2D eigenvalue weighted by Gasteiger charge is -2.28. The zero-order chi connectivity index (χ0) is 16.8. The molecule has 1 fully saturated rings. The number of carbonyl (C=O) groups is 1. The molecular weight excluding hydrogens is 306 g/mol. The lowest BCUT2D eigenvalue weighted by molar-refractivity contribution is -0.684. The standard InChI is InChI=1S/C18H23N3O3/c1-14(17-3-2-10-24-17)19-13-18(22)20-15-4-6-16(7-5-15)21-8-11-23-12-9-21/h2-7,10,14,19H,8-9,11-13H2,1H3,(H,20,22)/p+1/t14-/m0/s1. The molecule has 1 atom stereocenters. The number of hydrogen-bond acceptors (Lipinski definition) is 4. The van der Waals surface area contributed by atoms with Gasteiger partial charge >= 0.3 is 0 Å². The van der Waals surface area contributed by atoms with E-state index in [4.69, 9.17) is 9.15 Å². The first-order chi connectivity index (χ1) is 11.7. The predicted octanol–water partition coefficient (Wildman–Crippen LogP) is 1.38. The van der Waals surface area contributed by atoms with Crippen molar-refractivity contribution in [2.45, 2.75) is 13.0 Å². The fraction of sp³-hybridized carbons (Fsp3) is 0.389. The number of rotatable bonds is 6. The van der Waals surface area contributed by atoms with Crippen LogP contribution in [0.3, 0.4) is 0 Å². The van der Waals surface area contributed by atoms with Gasteiger partial charge in [-0.3, -0.25) is 4.79 Å². The number of amides is 1. The zero-order valence-electron chi connectivity index (χ0n) is 13.9. The second-order valence-corrected chi connectivity index (χ2v) is 5.94. The molecule has 3 N–H and O–H groups in total. The highest BCUT2D eigenvalue weighted by Gasteiger charge is 2.14. The van der Waals surface area contributed by atoms with E-state index in [1.54, 1.807) is 6.26 Å². The lowest BCUT2D eigenvalue weighted by Crippen LogP contribution is -2.86. The molecule has 3 rings (SSSR count). The van der Waals surface area contributed by atoms with E-state index in [2.05, 4.69) is 10.2 Å². The molecule has 0 saturated carbocycles. The summed E-state index contributed by atoms with van der Waals surface area (Å²) in [5, 5.41) is 4.88. The van der Waals surface area contributed by atoms with Gasteiger partial charge in [0.2, 0.25) is 0 Å². The second kappa shape index (κ2) is 7.99. The van der Waals surface area contributed by atoms with Gasteiger partial charge in [-0.05, 0) is 43.3 Å². The number of quaternary nitrogens is 1. The van der Waals surface area contributed by atoms with E-state index in [9.17, 15) is 4.79 Å². The minimum Gasteiger partial charge on any atom is -0.463 e. The smallest absolute Gasteiger partial charge is 0.279 e. The van der Waals surface area contributed by atoms with E-state index < -0.39 is 0 Å². The van der Waals surface area contributed by atoms with Crippen molar-refractivity contribution < 1.29 is 19.3 Å². The minimum atomic E-state index is -0.0208. The van der Waals surface area contributed by atoms with E-state index >= 15 is 0 Å². The molecular formula is C18H24N3O3+. The van der Waals surface area contributed by atoms with Gasteiger partial charge < -0.3 is 24.7 Å². The van der Waals surface area contributed by atoms with Crippen LogP contribution in [0.25, 0.3) is 0 Å². The summed E-state index contributed by atoms with van der Waals surface area (Å²) in [6.07, 6.45) is 1.65. The Labute approximate surface area is 141 Å². The third-order valence-corrected chi connectivity index (χ3v) is 4.18. The van der Waals surface area contributed by atoms with Crippen LogP contribution in [0.1, 0.15) is 18.7 Å². The number of nitrogens with zero attached hydrogens (tertiary/aromatic N) is 1. The number of furan rings is 1. The fourth-order valence-corrected chi connectivity index (χ4v) is 2.74. The van der Waals surface area contributed by atoms with Crippen LogP contribution in [0.2, 0.25) is 0 Å². The molecule has 128 valence electrons. The summed E-state index contributed by atoms with van der Waals surface area (Å²) in [7, 11) is 0. The number of morpholine rings is 1. The van der Waals surface area contributed by atoms with Crippen molar-refractivity contribution in [2.24, 2.45) is 0 Å². The average molecular weight is 330 g/mol. The Morgan fingerprint density at radius 1 is 1.25 bits per heavy atom. The monoisotopic (exact) mass is 330 g/mol. The topological polar surface area (TPSA) is 71.3 Å². The minimum absolute atomic E-state index is 0.0208. The molecule has 24 heavy (non-hydrogen) atoms. The summed E-state index contributed by atoms with van der Waals surface area (Å²) in [6.45, 7) is 5.72. The Kier molecular flexibility index (Phi) is 5.51. The molecule has 1 aliphatic heterocycles. The SMILES string of the molecule is C[C@H]([NH2+]CC(=O)Nc1ccc(N2CCOCC2)cc1)c1ccco1. The number of nitrogens with one attached hydrogen (secondary N) is 1. The molecule has 6 heteroatoms. The molecule has 1 amide bonds. The van der Waals surface area contributed by atoms with Crippen molar-refractivity contribution in [2.75, 3.05) is 43.1 Å². The number of ether oxygens (including phenoxy) is 1. The average Bonchev–Trinajstić information content (AvgIpc) is 3.16. The summed E-state index contributed by atoms with van der Waals surface area (Å²) in [4.78, 5) is 14.4. The van der Waals surface area contributed by atoms with Gasteiger partial charge in [0.05, 0.1) is 19.5 Å². The van der Waals surface area contributed by atoms with E-state index in [0.29, 0.717) is 6.54 Å². The molecule has 1 aliphatic rings. The Bertz CT molecular complexity index is 634. The first kappa shape index (κ1) is 16.5. The fourth-order valence-electron chi connectivity index (χ4n) is 2.74. The van der Waals surface area contributed by atoms with Crippen LogP contribution in [0.5, 0.6) is 0 Å². The van der Waals surface area contributed by atoms with Crippen LogP contribution in [-0.4, -0.2) is 38.8 Å². The van der Waals surface area contributed by atoms with Crippen molar-refractivity contribution in [3.05, 3.63) is 48.4 Å². The summed E-state index contributed by atoms with van der Waals surface area (Å²) in [5.41, 5.74) is 1.98. The molecule has 0 radical (unpaired) electrons. The third-order valence-electron chi connectivity index (χ3n) is 4.18. The number of benzene rings is 1. The molecule has 0 unspecified atom stereocenters. The number of hydrogen-bond donors (Lipinski definition) is 2. The van der Waals surface area contributed by atoms with Gasteiger partial charge in [0.1, 0.15) is 6.04 Å². The maximum absolute atomic E-state index is 12.1. The predicted molar refractivity (Wildman–Crippen MR) is 92.0 cm³/mol. The first-order valence-corrected chi connectivity index (χ1v) is 8.32. The van der Waals surface area contributed by atoms with Crippen LogP contribution in [0.4, 0.5) is 11.4 Å². The Morgan fingerprint density at radius 2 is 2.00 bits per heavy atom. The van der Waals surface area contributed by atoms with Crippen molar-refractivity contribution in [1.82, 2.24) is 0 Å². The van der Waals surface area contributed by atoms with Gasteiger partial charge in [0.15, 0.2) is 12.3 Å². The van der Waals surface area contributed by atoms with Gasteiger partial charge in [-0.1, -0.05) is 0 Å². The Morgan fingerprint density at radius 3 is 2.67 bits per heavy atom. The van der Waals surface area contributed by atoms with Gasteiger partial charge in [-0.15, -0.1) is 0 Å². The normalized spacial score (nSPS) is 16.0. The van der Waals surface area contributed by atoms with Crippen LogP contribution >= 0.6 is 0 Å². The van der Waals surface area contributed by atoms with Crippen molar-refractivity contribution in [1.29, 1.82) is 0 Å². The zero-order valence-corrected chi connectivity index (χ0v) is 13.9. The highest BCUT2D eigenvalue weighted by molar-refractivity contribution is 5.91. The molecule has 1 aromatic heterocycles. The molecule has 2 heterocycles. The van der Waals surface area contributed by atoms with Crippen molar-refractivity contribution in [3.8, 4) is 0 Å². The van der Waals surface area contributed by atoms with E-state index in [-0.39, 0.29) is 11.9 Å². The Balaban J connectivity index is 1.47. The summed E-state index contributed by atoms with van der Waals surface area (Å²) in [6, 6.07) is 11.9. The molecule has 2 aromatic rings. The Hall–Kier alpha value is -2.31. The van der Waals surface area contributed by atoms with E-state index in [1.807, 2.05) is 48.6 Å².